The van der Waals surface area contributed by atoms with Crippen molar-refractivity contribution in [3.63, 3.8) is 0 Å². The Morgan fingerprint density at radius 3 is 2.63 bits per heavy atom. The summed E-state index contributed by atoms with van der Waals surface area (Å²) < 4.78 is 5.19. The third kappa shape index (κ3) is 4.22. The quantitative estimate of drug-likeness (QED) is 0.511. The van der Waals surface area contributed by atoms with E-state index in [1.54, 1.807) is 7.11 Å². The maximum absolute atomic E-state index is 9.07. The summed E-state index contributed by atoms with van der Waals surface area (Å²) in [5, 5.41) is 16.6. The largest absolute Gasteiger partial charge is 0.496 e. The Labute approximate surface area is 114 Å². The van der Waals surface area contributed by atoms with Crippen molar-refractivity contribution in [3.05, 3.63) is 29.3 Å². The Hall–Kier alpha value is -1.59. The zero-order chi connectivity index (χ0) is 14.4. The van der Waals surface area contributed by atoms with Gasteiger partial charge in [0.05, 0.1) is 19.3 Å². The van der Waals surface area contributed by atoms with Crippen LogP contribution in [0, 0.1) is 5.41 Å². The molecule has 0 saturated carbocycles. The van der Waals surface area contributed by atoms with Crippen LogP contribution in [-0.4, -0.2) is 42.1 Å². The minimum absolute atomic E-state index is 0.00282. The zero-order valence-corrected chi connectivity index (χ0v) is 11.8. The summed E-state index contributed by atoms with van der Waals surface area (Å²) in [5.41, 5.74) is 7.21. The second-order valence-electron chi connectivity index (χ2n) is 4.74. The Kier molecular flexibility index (Phi) is 5.79. The monoisotopic (exact) mass is 265 g/mol. The average Bonchev–Trinajstić information content (AvgIpc) is 2.37. The van der Waals surface area contributed by atoms with Crippen LogP contribution in [0.3, 0.4) is 0 Å². The lowest BCUT2D eigenvalue weighted by Crippen LogP contribution is -2.33. The first-order valence-electron chi connectivity index (χ1n) is 6.35. The fraction of sp³-hybridized carbons (Fsp3) is 0.500. The van der Waals surface area contributed by atoms with Crippen molar-refractivity contribution in [1.82, 2.24) is 4.90 Å². The predicted molar refractivity (Wildman–Crippen MR) is 76.6 cm³/mol. The standard InChI is InChI=1S/C14H23N3O2/c1-10(2)17(6-7-18)9-11-4-5-13(19-3)12(8-11)14(15)16/h4-5,8,10,18H,6-7,9H2,1-3H3,(H3,15,16). The lowest BCUT2D eigenvalue weighted by Gasteiger charge is -2.26. The van der Waals surface area contributed by atoms with Crippen LogP contribution in [-0.2, 0) is 6.54 Å². The van der Waals surface area contributed by atoms with Crippen LogP contribution in [0.5, 0.6) is 5.75 Å². The average molecular weight is 265 g/mol. The fourth-order valence-electron chi connectivity index (χ4n) is 1.95. The lowest BCUT2D eigenvalue weighted by molar-refractivity contribution is 0.159. The summed E-state index contributed by atoms with van der Waals surface area (Å²) in [6.07, 6.45) is 0. The molecule has 1 rings (SSSR count). The molecule has 0 unspecified atom stereocenters. The van der Waals surface area contributed by atoms with Gasteiger partial charge in [-0.25, -0.2) is 0 Å². The number of nitrogens with zero attached hydrogens (tertiary/aromatic N) is 1. The highest BCUT2D eigenvalue weighted by molar-refractivity contribution is 5.97. The molecule has 19 heavy (non-hydrogen) atoms. The number of rotatable bonds is 7. The van der Waals surface area contributed by atoms with Crippen LogP contribution in [0.2, 0.25) is 0 Å². The van der Waals surface area contributed by atoms with Crippen LogP contribution in [0.15, 0.2) is 18.2 Å². The maximum Gasteiger partial charge on any atom is 0.129 e. The Morgan fingerprint density at radius 1 is 1.47 bits per heavy atom. The van der Waals surface area contributed by atoms with E-state index < -0.39 is 0 Å². The first-order chi connectivity index (χ1) is 8.99. The summed E-state index contributed by atoms with van der Waals surface area (Å²) in [7, 11) is 1.56. The van der Waals surface area contributed by atoms with Gasteiger partial charge in [-0.3, -0.25) is 10.3 Å². The topological polar surface area (TPSA) is 82.6 Å². The molecule has 0 atom stereocenters. The number of nitrogens with one attached hydrogen (secondary N) is 1. The molecule has 0 saturated heterocycles. The van der Waals surface area contributed by atoms with Crippen molar-refractivity contribution in [2.45, 2.75) is 26.4 Å². The van der Waals surface area contributed by atoms with Gasteiger partial charge in [0.25, 0.3) is 0 Å². The smallest absolute Gasteiger partial charge is 0.129 e. The highest BCUT2D eigenvalue weighted by atomic mass is 16.5. The van der Waals surface area contributed by atoms with E-state index in [9.17, 15) is 0 Å². The summed E-state index contributed by atoms with van der Waals surface area (Å²) in [4.78, 5) is 2.16. The second kappa shape index (κ2) is 7.11. The molecular formula is C14H23N3O2. The van der Waals surface area contributed by atoms with Gasteiger partial charge in [-0.1, -0.05) is 6.07 Å². The second-order valence-corrected chi connectivity index (χ2v) is 4.74. The van der Waals surface area contributed by atoms with E-state index in [0.29, 0.717) is 30.4 Å². The fourth-order valence-corrected chi connectivity index (χ4v) is 1.95. The summed E-state index contributed by atoms with van der Waals surface area (Å²) in [6, 6.07) is 5.99. The van der Waals surface area contributed by atoms with Gasteiger partial charge in [-0.05, 0) is 31.5 Å². The molecule has 1 aromatic rings. The van der Waals surface area contributed by atoms with Gasteiger partial charge in [0.15, 0.2) is 0 Å². The number of nitrogen functional groups attached to an aromatic ring is 1. The molecule has 0 radical (unpaired) electrons. The van der Waals surface area contributed by atoms with E-state index in [-0.39, 0.29) is 12.4 Å². The number of aliphatic hydroxyl groups is 1. The van der Waals surface area contributed by atoms with Crippen molar-refractivity contribution in [3.8, 4) is 5.75 Å². The Morgan fingerprint density at radius 2 is 2.16 bits per heavy atom. The van der Waals surface area contributed by atoms with Crippen LogP contribution in [0.1, 0.15) is 25.0 Å². The van der Waals surface area contributed by atoms with Crippen molar-refractivity contribution < 1.29 is 9.84 Å². The molecule has 0 aliphatic carbocycles. The van der Waals surface area contributed by atoms with E-state index in [0.717, 1.165) is 5.56 Å². The Balaban J connectivity index is 2.95. The third-order valence-corrected chi connectivity index (χ3v) is 3.06. The van der Waals surface area contributed by atoms with Gasteiger partial charge in [0, 0.05) is 19.1 Å². The van der Waals surface area contributed by atoms with Crippen LogP contribution in [0.4, 0.5) is 0 Å². The summed E-state index contributed by atoms with van der Waals surface area (Å²) in [6.45, 7) is 5.64. The molecule has 0 aliphatic heterocycles. The van der Waals surface area contributed by atoms with E-state index in [1.807, 2.05) is 18.2 Å². The van der Waals surface area contributed by atoms with Crippen LogP contribution < -0.4 is 10.5 Å². The number of methoxy groups -OCH3 is 1. The molecule has 106 valence electrons. The van der Waals surface area contributed by atoms with Gasteiger partial charge in [0.1, 0.15) is 11.6 Å². The zero-order valence-electron chi connectivity index (χ0n) is 11.8. The van der Waals surface area contributed by atoms with Gasteiger partial charge in [0.2, 0.25) is 0 Å². The lowest BCUT2D eigenvalue weighted by atomic mass is 10.1. The van der Waals surface area contributed by atoms with Crippen LogP contribution in [0.25, 0.3) is 0 Å². The Bertz CT molecular complexity index is 433. The van der Waals surface area contributed by atoms with Crippen molar-refractivity contribution >= 4 is 5.84 Å². The highest BCUT2D eigenvalue weighted by Crippen LogP contribution is 2.20. The number of hydrogen-bond acceptors (Lipinski definition) is 4. The van der Waals surface area contributed by atoms with E-state index in [4.69, 9.17) is 21.0 Å². The van der Waals surface area contributed by atoms with E-state index in [2.05, 4.69) is 18.7 Å². The molecule has 0 spiro atoms. The van der Waals surface area contributed by atoms with E-state index >= 15 is 0 Å². The van der Waals surface area contributed by atoms with Gasteiger partial charge >= 0.3 is 0 Å². The maximum atomic E-state index is 9.07. The molecule has 4 N–H and O–H groups in total. The number of amidine groups is 1. The number of ether oxygens (including phenoxy) is 1. The van der Waals surface area contributed by atoms with E-state index in [1.165, 1.54) is 0 Å². The molecular weight excluding hydrogens is 242 g/mol. The summed E-state index contributed by atoms with van der Waals surface area (Å²) in [5.74, 6) is 0.603. The number of benzene rings is 1. The number of hydrogen-bond donors (Lipinski definition) is 3. The van der Waals surface area contributed by atoms with Crippen molar-refractivity contribution in [2.75, 3.05) is 20.3 Å². The number of aliphatic hydroxyl groups excluding tert-OH is 1. The van der Waals surface area contributed by atoms with Crippen molar-refractivity contribution in [1.29, 1.82) is 5.41 Å². The molecule has 0 bridgehead atoms. The molecule has 0 aromatic heterocycles. The van der Waals surface area contributed by atoms with Crippen LogP contribution >= 0.6 is 0 Å². The van der Waals surface area contributed by atoms with Gasteiger partial charge in [-0.15, -0.1) is 0 Å². The first kappa shape index (κ1) is 15.5. The molecule has 5 nitrogen and oxygen atoms in total. The molecule has 0 aliphatic rings. The molecule has 0 amide bonds. The molecule has 1 aromatic carbocycles. The minimum atomic E-state index is -0.00282. The predicted octanol–water partition coefficient (Wildman–Crippen LogP) is 1.18. The SMILES string of the molecule is COc1ccc(CN(CCO)C(C)C)cc1C(=N)N. The third-order valence-electron chi connectivity index (χ3n) is 3.06. The normalized spacial score (nSPS) is 11.1. The van der Waals surface area contributed by atoms with Gasteiger partial charge in [-0.2, -0.15) is 0 Å². The number of nitrogens with two attached hydrogens (primary N) is 1. The van der Waals surface area contributed by atoms with Gasteiger partial charge < -0.3 is 15.6 Å². The minimum Gasteiger partial charge on any atom is -0.496 e. The highest BCUT2D eigenvalue weighted by Gasteiger charge is 2.12. The molecule has 0 fully saturated rings. The molecule has 0 heterocycles. The van der Waals surface area contributed by atoms with Crippen molar-refractivity contribution in [2.24, 2.45) is 5.73 Å². The molecule has 5 heteroatoms. The summed E-state index contributed by atoms with van der Waals surface area (Å²) >= 11 is 0. The first-order valence-corrected chi connectivity index (χ1v) is 6.35.